The number of amides is 2. The molecule has 0 aliphatic carbocycles. The van der Waals surface area contributed by atoms with Gasteiger partial charge in [-0.25, -0.2) is 0 Å². The molecule has 4 atom stereocenters. The number of nitriles is 1. The lowest BCUT2D eigenvalue weighted by atomic mass is 9.76. The molecule has 6 heterocycles. The van der Waals surface area contributed by atoms with E-state index in [9.17, 15) is 14.9 Å². The second-order valence-corrected chi connectivity index (χ2v) is 12.1. The van der Waals surface area contributed by atoms with Gasteiger partial charge in [0.25, 0.3) is 11.8 Å². The summed E-state index contributed by atoms with van der Waals surface area (Å²) in [6.07, 6.45) is 0.273. The maximum atomic E-state index is 14.0. The predicted molar refractivity (Wildman–Crippen MR) is 121 cm³/mol. The summed E-state index contributed by atoms with van der Waals surface area (Å²) in [6, 6.07) is 7.60. The van der Waals surface area contributed by atoms with E-state index < -0.39 is 21.2 Å². The molecule has 9 nitrogen and oxygen atoms in total. The molecule has 0 aromatic heterocycles. The smallest absolute Gasteiger partial charge is 0.261 e. The van der Waals surface area contributed by atoms with Crippen molar-refractivity contribution in [2.75, 3.05) is 46.7 Å². The fraction of sp³-hybridized carbons (Fsp3) is 0.591. The Morgan fingerprint density at radius 1 is 1.15 bits per heavy atom. The first-order chi connectivity index (χ1) is 15.8. The minimum absolute atomic E-state index is 0.113. The molecule has 0 saturated carbocycles. The number of benzene rings is 1. The highest BCUT2D eigenvalue weighted by Gasteiger charge is 2.75. The number of nitrogens with zero attached hydrogens (tertiary/aromatic N) is 4. The molecule has 33 heavy (non-hydrogen) atoms. The van der Waals surface area contributed by atoms with Crippen molar-refractivity contribution in [1.29, 1.82) is 5.26 Å². The summed E-state index contributed by atoms with van der Waals surface area (Å²) in [6.45, 7) is 5.02. The molecule has 4 unspecified atom stereocenters. The molecule has 6 aliphatic rings. The summed E-state index contributed by atoms with van der Waals surface area (Å²) in [7, 11) is 4.54. The molecular weight excluding hydrogens is 464 g/mol. The van der Waals surface area contributed by atoms with Crippen LogP contribution in [-0.4, -0.2) is 82.9 Å². The molecule has 1 aromatic carbocycles. The van der Waals surface area contributed by atoms with Crippen LogP contribution >= 0.6 is 21.6 Å². The van der Waals surface area contributed by atoms with Crippen molar-refractivity contribution >= 4 is 33.4 Å². The van der Waals surface area contributed by atoms with E-state index in [-0.39, 0.29) is 25.0 Å². The Bertz CT molecular complexity index is 1090. The van der Waals surface area contributed by atoms with E-state index >= 15 is 0 Å². The largest absolute Gasteiger partial charge is 0.454 e. The average molecular weight is 489 g/mol. The number of fused-ring (bicyclic) bond motifs is 3. The fourth-order valence-corrected chi connectivity index (χ4v) is 9.22. The molecule has 0 N–H and O–H groups in total. The molecule has 6 aliphatic heterocycles. The summed E-state index contributed by atoms with van der Waals surface area (Å²) >= 11 is 0. The molecule has 7 rings (SSSR count). The number of carbonyl (C=O) groups excluding carboxylic acids is 2. The van der Waals surface area contributed by atoms with Crippen LogP contribution in [0, 0.1) is 16.7 Å². The summed E-state index contributed by atoms with van der Waals surface area (Å²) in [5.74, 6) is 0.993. The van der Waals surface area contributed by atoms with Gasteiger partial charge in [-0.3, -0.25) is 14.5 Å². The van der Waals surface area contributed by atoms with Crippen molar-refractivity contribution in [3.8, 4) is 17.6 Å². The molecule has 11 heteroatoms. The van der Waals surface area contributed by atoms with E-state index in [1.54, 1.807) is 23.8 Å². The van der Waals surface area contributed by atoms with E-state index in [1.807, 2.05) is 18.2 Å². The van der Waals surface area contributed by atoms with Gasteiger partial charge in [-0.05, 0) is 24.6 Å². The fourth-order valence-electron chi connectivity index (χ4n) is 5.68. The summed E-state index contributed by atoms with van der Waals surface area (Å²) in [5, 5.41) is 10.7. The van der Waals surface area contributed by atoms with Crippen LogP contribution in [0.2, 0.25) is 0 Å². The zero-order valence-corrected chi connectivity index (χ0v) is 20.0. The molecule has 1 spiro atoms. The minimum atomic E-state index is -1.11. The topological polar surface area (TPSA) is 95.3 Å². The summed E-state index contributed by atoms with van der Waals surface area (Å²) in [5.41, 5.74) is -0.183. The number of morpholine rings is 1. The van der Waals surface area contributed by atoms with Gasteiger partial charge >= 0.3 is 0 Å². The van der Waals surface area contributed by atoms with E-state index in [4.69, 9.17) is 14.2 Å². The Balaban J connectivity index is 1.52. The van der Waals surface area contributed by atoms with Gasteiger partial charge in [-0.1, -0.05) is 27.7 Å². The van der Waals surface area contributed by atoms with Gasteiger partial charge in [0, 0.05) is 33.1 Å². The van der Waals surface area contributed by atoms with Crippen molar-refractivity contribution in [1.82, 2.24) is 14.7 Å². The van der Waals surface area contributed by atoms with E-state index in [2.05, 4.69) is 11.0 Å². The number of hydrogen-bond donors (Lipinski definition) is 0. The van der Waals surface area contributed by atoms with Crippen LogP contribution in [-0.2, 0) is 14.3 Å². The quantitative estimate of drug-likeness (QED) is 0.590. The summed E-state index contributed by atoms with van der Waals surface area (Å²) in [4.78, 5) is 31.0. The Labute approximate surface area is 199 Å². The highest BCUT2D eigenvalue weighted by molar-refractivity contribution is 8.78. The Kier molecular flexibility index (Phi) is 4.66. The Morgan fingerprint density at radius 3 is 2.67 bits per heavy atom. The number of piperazine rings is 1. The maximum Gasteiger partial charge on any atom is 0.261 e. The van der Waals surface area contributed by atoms with Crippen LogP contribution in [0.4, 0.5) is 0 Å². The number of ether oxygens (including phenoxy) is 3. The zero-order chi connectivity index (χ0) is 23.0. The molecule has 1 aromatic rings. The molecule has 2 bridgehead atoms. The third kappa shape index (κ3) is 2.75. The lowest BCUT2D eigenvalue weighted by molar-refractivity contribution is -0.164. The van der Waals surface area contributed by atoms with Crippen molar-refractivity contribution in [3.05, 3.63) is 23.8 Å². The monoisotopic (exact) mass is 488 g/mol. The van der Waals surface area contributed by atoms with Crippen LogP contribution < -0.4 is 9.47 Å². The predicted octanol–water partition coefficient (Wildman–Crippen LogP) is 1.81. The first-order valence-electron chi connectivity index (χ1n) is 10.9. The van der Waals surface area contributed by atoms with Crippen molar-refractivity contribution in [3.63, 3.8) is 0 Å². The van der Waals surface area contributed by atoms with Gasteiger partial charge in [0.05, 0.1) is 30.7 Å². The lowest BCUT2D eigenvalue weighted by Gasteiger charge is -2.57. The van der Waals surface area contributed by atoms with Gasteiger partial charge in [0.15, 0.2) is 21.2 Å². The molecule has 174 valence electrons. The summed E-state index contributed by atoms with van der Waals surface area (Å²) < 4.78 is 16.6. The average Bonchev–Trinajstić information content (AvgIpc) is 3.41. The van der Waals surface area contributed by atoms with Crippen LogP contribution in [0.15, 0.2) is 18.2 Å². The Morgan fingerprint density at radius 2 is 1.91 bits per heavy atom. The third-order valence-corrected chi connectivity index (χ3v) is 11.2. The zero-order valence-electron chi connectivity index (χ0n) is 18.4. The molecule has 5 saturated heterocycles. The van der Waals surface area contributed by atoms with Crippen molar-refractivity contribution < 1.29 is 23.8 Å². The lowest BCUT2D eigenvalue weighted by Crippen LogP contribution is -2.73. The van der Waals surface area contributed by atoms with Gasteiger partial charge in [-0.15, -0.1) is 0 Å². The van der Waals surface area contributed by atoms with Crippen molar-refractivity contribution in [2.45, 2.75) is 29.1 Å². The third-order valence-electron chi connectivity index (χ3n) is 7.51. The first-order valence-corrected chi connectivity index (χ1v) is 13.1. The highest BCUT2D eigenvalue weighted by Crippen LogP contribution is 2.69. The Hall–Kier alpha value is -2.13. The number of rotatable bonds is 3. The van der Waals surface area contributed by atoms with E-state index in [1.165, 1.54) is 21.6 Å². The van der Waals surface area contributed by atoms with Gasteiger partial charge < -0.3 is 24.0 Å². The normalized spacial score (nSPS) is 37.4. The standard InChI is InChI=1S/C22H24N4O5S2/c1-20-18(27)26-17(14-3-4-15-16(9-14)31-13-30-15)21(11-23,12-25-5-7-29-8-6-25)10-22(26,33-32-20)19(28)24(20)2/h3-4,9,17H,5-8,10,12-13H2,1-2H3. The van der Waals surface area contributed by atoms with Crippen LogP contribution in [0.1, 0.15) is 24.9 Å². The van der Waals surface area contributed by atoms with Crippen LogP contribution in [0.25, 0.3) is 0 Å². The number of carbonyl (C=O) groups is 2. The SMILES string of the molecule is CN1C(=O)C23CC(C#N)(CN4CCOCC4)C(c4ccc5c(c4)OCO5)N2C(=O)C1(C)SS3. The van der Waals surface area contributed by atoms with E-state index in [0.29, 0.717) is 44.3 Å². The second-order valence-electron chi connectivity index (χ2n) is 9.32. The first kappa shape index (κ1) is 21.4. The van der Waals surface area contributed by atoms with Gasteiger partial charge in [0.1, 0.15) is 0 Å². The van der Waals surface area contributed by atoms with Crippen LogP contribution in [0.5, 0.6) is 11.5 Å². The molecular formula is C22H24N4O5S2. The van der Waals surface area contributed by atoms with Crippen LogP contribution in [0.3, 0.4) is 0 Å². The number of likely N-dealkylation sites (N-methyl/N-ethyl adjacent to an activating group) is 1. The van der Waals surface area contributed by atoms with Gasteiger partial charge in [-0.2, -0.15) is 5.26 Å². The number of hydrogen-bond acceptors (Lipinski definition) is 9. The second kappa shape index (κ2) is 7.18. The van der Waals surface area contributed by atoms with E-state index in [0.717, 1.165) is 5.56 Å². The molecule has 5 fully saturated rings. The maximum absolute atomic E-state index is 14.0. The van der Waals surface area contributed by atoms with Gasteiger partial charge in [0.2, 0.25) is 6.79 Å². The van der Waals surface area contributed by atoms with Crippen molar-refractivity contribution in [2.24, 2.45) is 5.41 Å². The molecule has 0 radical (unpaired) electrons. The molecule has 2 amide bonds. The minimum Gasteiger partial charge on any atom is -0.454 e. The highest BCUT2D eigenvalue weighted by atomic mass is 33.1.